The summed E-state index contributed by atoms with van der Waals surface area (Å²) in [4.78, 5) is 28.4. The molecule has 31 heavy (non-hydrogen) atoms. The summed E-state index contributed by atoms with van der Waals surface area (Å²) in [6.45, 7) is 6.31. The summed E-state index contributed by atoms with van der Waals surface area (Å²) < 4.78 is 61.9. The summed E-state index contributed by atoms with van der Waals surface area (Å²) in [7, 11) is 0. The zero-order chi connectivity index (χ0) is 23.1. The van der Waals surface area contributed by atoms with E-state index in [1.54, 1.807) is 20.8 Å². The second-order valence-corrected chi connectivity index (χ2v) is 9.10. The number of likely N-dealkylation sites (tertiary alicyclic amines) is 1. The number of ether oxygens (including phenoxy) is 1. The number of Topliss-reactive ketones (excluding diaryl/α,β-unsaturated/α-hetero) is 1. The lowest BCUT2D eigenvalue weighted by molar-refractivity contribution is -0.137. The molecule has 0 aromatic heterocycles. The minimum absolute atomic E-state index is 0.0698. The minimum atomic E-state index is -1.64. The molecule has 0 aliphatic carbocycles. The van der Waals surface area contributed by atoms with Crippen LogP contribution in [0.25, 0.3) is 0 Å². The summed E-state index contributed by atoms with van der Waals surface area (Å²) in [6, 6.07) is 0.110. The Morgan fingerprint density at radius 3 is 2.16 bits per heavy atom. The highest BCUT2D eigenvalue weighted by atomic mass is 19.2. The maximum atomic E-state index is 14.5. The number of nitrogens with zero attached hydrogens (tertiary/aromatic N) is 2. The lowest BCUT2D eigenvalue weighted by Gasteiger charge is -2.46. The van der Waals surface area contributed by atoms with Gasteiger partial charge in [0.2, 0.25) is 0 Å². The van der Waals surface area contributed by atoms with Crippen LogP contribution in [-0.2, 0) is 9.53 Å². The number of carbonyl (C=O) groups is 2. The fourth-order valence-electron chi connectivity index (χ4n) is 4.78. The molecule has 0 spiro atoms. The molecule has 1 aromatic carbocycles. The Morgan fingerprint density at radius 2 is 1.68 bits per heavy atom. The highest BCUT2D eigenvalue weighted by Crippen LogP contribution is 2.50. The number of ketones is 1. The van der Waals surface area contributed by atoms with Gasteiger partial charge in [-0.15, -0.1) is 0 Å². The molecule has 0 saturated carbocycles. The molecule has 1 aromatic rings. The van der Waals surface area contributed by atoms with Crippen LogP contribution in [0.1, 0.15) is 38.7 Å². The molecule has 2 fully saturated rings. The highest BCUT2D eigenvalue weighted by Gasteiger charge is 2.60. The zero-order valence-electron chi connectivity index (χ0n) is 17.7. The van der Waals surface area contributed by atoms with Crippen LogP contribution in [-0.4, -0.2) is 71.7 Å². The van der Waals surface area contributed by atoms with Gasteiger partial charge in [0.15, 0.2) is 29.1 Å². The molecule has 6 nitrogen and oxygen atoms in total. The first kappa shape index (κ1) is 23.5. The Balaban J connectivity index is 2.06. The number of morpholine rings is 1. The van der Waals surface area contributed by atoms with Crippen molar-refractivity contribution in [1.82, 2.24) is 9.80 Å². The molecular formula is C21H26F4N2O4. The predicted molar refractivity (Wildman–Crippen MR) is 103 cm³/mol. The average molecular weight is 446 g/mol. The lowest BCUT2D eigenvalue weighted by Crippen LogP contribution is -2.63. The van der Waals surface area contributed by atoms with Crippen LogP contribution in [0.2, 0.25) is 0 Å². The largest absolute Gasteiger partial charge is 0.465 e. The van der Waals surface area contributed by atoms with Crippen molar-refractivity contribution in [3.05, 3.63) is 34.9 Å². The van der Waals surface area contributed by atoms with E-state index in [2.05, 4.69) is 0 Å². The minimum Gasteiger partial charge on any atom is -0.465 e. The number of benzene rings is 1. The Kier molecular flexibility index (Phi) is 6.35. The van der Waals surface area contributed by atoms with E-state index in [4.69, 9.17) is 4.74 Å². The van der Waals surface area contributed by atoms with E-state index in [9.17, 15) is 32.3 Å². The van der Waals surface area contributed by atoms with Gasteiger partial charge in [-0.05, 0) is 11.8 Å². The lowest BCUT2D eigenvalue weighted by atomic mass is 9.67. The van der Waals surface area contributed by atoms with Crippen molar-refractivity contribution in [2.75, 3.05) is 39.4 Å². The van der Waals surface area contributed by atoms with Gasteiger partial charge in [0.25, 0.3) is 0 Å². The third-order valence-corrected chi connectivity index (χ3v) is 6.36. The van der Waals surface area contributed by atoms with Gasteiger partial charge < -0.3 is 9.84 Å². The van der Waals surface area contributed by atoms with E-state index in [1.165, 1.54) is 0 Å². The van der Waals surface area contributed by atoms with Gasteiger partial charge in [0.05, 0.1) is 19.8 Å². The van der Waals surface area contributed by atoms with Crippen molar-refractivity contribution < 1.29 is 37.0 Å². The Morgan fingerprint density at radius 1 is 1.13 bits per heavy atom. The molecule has 10 heteroatoms. The molecule has 0 bridgehead atoms. The number of carboxylic acid groups (broad SMARTS) is 1. The van der Waals surface area contributed by atoms with Crippen molar-refractivity contribution in [3.8, 4) is 0 Å². The molecule has 1 N–H and O–H groups in total. The molecule has 2 aliphatic rings. The fourth-order valence-corrected chi connectivity index (χ4v) is 4.78. The quantitative estimate of drug-likeness (QED) is 0.567. The normalized spacial score (nSPS) is 25.1. The summed E-state index contributed by atoms with van der Waals surface area (Å²) in [5.74, 6) is -7.93. The van der Waals surface area contributed by atoms with Crippen molar-refractivity contribution in [2.45, 2.75) is 38.6 Å². The van der Waals surface area contributed by atoms with E-state index in [1.807, 2.05) is 4.90 Å². The first-order valence-corrected chi connectivity index (χ1v) is 10.1. The maximum absolute atomic E-state index is 14.5. The van der Waals surface area contributed by atoms with Gasteiger partial charge in [-0.1, -0.05) is 20.8 Å². The number of halogens is 4. The zero-order valence-corrected chi connectivity index (χ0v) is 17.7. The van der Waals surface area contributed by atoms with Crippen molar-refractivity contribution in [3.63, 3.8) is 0 Å². The molecule has 2 heterocycles. The van der Waals surface area contributed by atoms with Gasteiger partial charge in [-0.3, -0.25) is 14.6 Å². The summed E-state index contributed by atoms with van der Waals surface area (Å²) in [5.41, 5.74) is -3.46. The monoisotopic (exact) mass is 446 g/mol. The van der Waals surface area contributed by atoms with Gasteiger partial charge in [-0.25, -0.2) is 22.4 Å². The van der Waals surface area contributed by atoms with Gasteiger partial charge in [0, 0.05) is 37.2 Å². The Labute approximate surface area is 177 Å². The van der Waals surface area contributed by atoms with Crippen LogP contribution in [0, 0.1) is 28.7 Å². The van der Waals surface area contributed by atoms with Crippen LogP contribution < -0.4 is 0 Å². The maximum Gasteiger partial charge on any atom is 0.408 e. The number of hydrogen-bond acceptors (Lipinski definition) is 4. The molecule has 0 radical (unpaired) electrons. The first-order valence-electron chi connectivity index (χ1n) is 10.1. The van der Waals surface area contributed by atoms with E-state index < -0.39 is 64.1 Å². The molecule has 2 aliphatic heterocycles. The smallest absolute Gasteiger partial charge is 0.408 e. The third-order valence-electron chi connectivity index (χ3n) is 6.36. The molecule has 3 rings (SSSR count). The van der Waals surface area contributed by atoms with Gasteiger partial charge >= 0.3 is 6.09 Å². The molecular weight excluding hydrogens is 420 g/mol. The van der Waals surface area contributed by atoms with Crippen molar-refractivity contribution >= 4 is 11.9 Å². The fraction of sp³-hybridized carbons (Fsp3) is 0.619. The van der Waals surface area contributed by atoms with Crippen molar-refractivity contribution in [2.24, 2.45) is 5.41 Å². The summed E-state index contributed by atoms with van der Waals surface area (Å²) in [6.07, 6.45) is -1.73. The van der Waals surface area contributed by atoms with Crippen LogP contribution in [0.15, 0.2) is 6.07 Å². The Bertz CT molecular complexity index is 857. The van der Waals surface area contributed by atoms with Crippen LogP contribution in [0.4, 0.5) is 22.4 Å². The Hall–Kier alpha value is -2.20. The summed E-state index contributed by atoms with van der Waals surface area (Å²) >= 11 is 0. The number of hydrogen-bond donors (Lipinski definition) is 1. The molecule has 2 atom stereocenters. The standard InChI is InChI=1S/C21H26F4N2O4/c1-20(2,3)21(15(28)11-26-4-6-31-7-5-26)9-12(10-27(21)19(29)30)16-17(24)13(22)8-14(23)18(16)25/h8,12H,4-7,9-11H2,1-3H3,(H,29,30)/t12-,21?/m0/s1. The molecule has 1 amide bonds. The number of rotatable bonds is 4. The molecule has 2 saturated heterocycles. The predicted octanol–water partition coefficient (Wildman–Crippen LogP) is 3.40. The van der Waals surface area contributed by atoms with Crippen LogP contribution in [0.5, 0.6) is 0 Å². The van der Waals surface area contributed by atoms with Gasteiger partial charge in [-0.2, -0.15) is 0 Å². The topological polar surface area (TPSA) is 70.1 Å². The van der Waals surface area contributed by atoms with E-state index in [0.717, 1.165) is 4.90 Å². The number of amides is 1. The molecule has 1 unspecified atom stereocenters. The van der Waals surface area contributed by atoms with Crippen molar-refractivity contribution in [1.29, 1.82) is 0 Å². The van der Waals surface area contributed by atoms with E-state index >= 15 is 0 Å². The second-order valence-electron chi connectivity index (χ2n) is 9.10. The third kappa shape index (κ3) is 4.03. The highest BCUT2D eigenvalue weighted by molar-refractivity contribution is 5.94. The summed E-state index contributed by atoms with van der Waals surface area (Å²) in [5, 5.41) is 9.88. The van der Waals surface area contributed by atoms with E-state index in [0.29, 0.717) is 26.3 Å². The van der Waals surface area contributed by atoms with Gasteiger partial charge in [0.1, 0.15) is 5.54 Å². The SMILES string of the molecule is CC(C)(C)C1(C(=O)CN2CCOCC2)C[C@H](c2c(F)c(F)cc(F)c2F)CN1C(=O)O. The first-order chi connectivity index (χ1) is 14.4. The van der Waals surface area contributed by atoms with Crippen LogP contribution >= 0.6 is 0 Å². The number of carbonyl (C=O) groups excluding carboxylic acids is 1. The molecule has 172 valence electrons. The van der Waals surface area contributed by atoms with E-state index in [-0.39, 0.29) is 19.0 Å². The average Bonchev–Trinajstić information content (AvgIpc) is 3.09. The second kappa shape index (κ2) is 8.38. The van der Waals surface area contributed by atoms with Crippen LogP contribution in [0.3, 0.4) is 0 Å².